The first kappa shape index (κ1) is 19.8. The molecule has 0 atom stereocenters. The lowest BCUT2D eigenvalue weighted by Crippen LogP contribution is -2.48. The van der Waals surface area contributed by atoms with Crippen molar-refractivity contribution in [3.8, 4) is 11.5 Å². The second-order valence-corrected chi connectivity index (χ2v) is 8.51. The first-order chi connectivity index (χ1) is 15.2. The van der Waals surface area contributed by atoms with Crippen molar-refractivity contribution in [1.82, 2.24) is 14.8 Å². The van der Waals surface area contributed by atoms with Crippen LogP contribution in [-0.4, -0.2) is 53.7 Å². The van der Waals surface area contributed by atoms with Gasteiger partial charge in [0.15, 0.2) is 16.6 Å². The molecule has 1 N–H and O–H groups in total. The van der Waals surface area contributed by atoms with Crippen LogP contribution in [0.25, 0.3) is 0 Å². The number of fused-ring (bicyclic) bond motifs is 1. The third-order valence-corrected chi connectivity index (χ3v) is 6.28. The lowest BCUT2D eigenvalue weighted by Gasteiger charge is -2.34. The Labute approximate surface area is 185 Å². The molecule has 1 fully saturated rings. The number of rotatable bonds is 6. The fraction of sp³-hybridized carbons (Fsp3) is 0.304. The third kappa shape index (κ3) is 4.81. The Morgan fingerprint density at radius 1 is 1.03 bits per heavy atom. The van der Waals surface area contributed by atoms with Gasteiger partial charge in [-0.25, -0.2) is 4.98 Å². The summed E-state index contributed by atoms with van der Waals surface area (Å²) in [6, 6.07) is 16.0. The van der Waals surface area contributed by atoms with Crippen LogP contribution in [0.3, 0.4) is 0 Å². The summed E-state index contributed by atoms with van der Waals surface area (Å²) < 4.78 is 10.8. The van der Waals surface area contributed by atoms with Gasteiger partial charge in [0.2, 0.25) is 12.7 Å². The third-order valence-electron chi connectivity index (χ3n) is 5.48. The lowest BCUT2D eigenvalue weighted by molar-refractivity contribution is -0.132. The molecule has 1 amide bonds. The molecule has 3 aromatic rings. The van der Waals surface area contributed by atoms with E-state index in [2.05, 4.69) is 21.3 Å². The van der Waals surface area contributed by atoms with E-state index >= 15 is 0 Å². The Hall–Kier alpha value is -3.10. The molecule has 0 bridgehead atoms. The van der Waals surface area contributed by atoms with Crippen molar-refractivity contribution in [2.45, 2.75) is 13.0 Å². The van der Waals surface area contributed by atoms with E-state index in [1.807, 2.05) is 52.7 Å². The number of benzene rings is 2. The van der Waals surface area contributed by atoms with Crippen molar-refractivity contribution in [1.29, 1.82) is 0 Å². The predicted octanol–water partition coefficient (Wildman–Crippen LogP) is 3.50. The minimum Gasteiger partial charge on any atom is -0.454 e. The van der Waals surface area contributed by atoms with Crippen molar-refractivity contribution < 1.29 is 14.3 Å². The largest absolute Gasteiger partial charge is 0.454 e. The normalized spacial score (nSPS) is 15.8. The molecule has 0 aliphatic carbocycles. The Balaban J connectivity index is 1.10. The number of piperazine rings is 1. The Morgan fingerprint density at radius 2 is 1.84 bits per heavy atom. The van der Waals surface area contributed by atoms with Crippen molar-refractivity contribution in [3.05, 3.63) is 65.2 Å². The van der Waals surface area contributed by atoms with Crippen LogP contribution in [0.2, 0.25) is 0 Å². The van der Waals surface area contributed by atoms with Crippen LogP contribution in [0.15, 0.2) is 53.9 Å². The van der Waals surface area contributed by atoms with Crippen LogP contribution in [0.5, 0.6) is 11.5 Å². The van der Waals surface area contributed by atoms with Gasteiger partial charge in [0.25, 0.3) is 0 Å². The fourth-order valence-corrected chi connectivity index (χ4v) is 4.54. The van der Waals surface area contributed by atoms with Gasteiger partial charge in [-0.15, -0.1) is 11.3 Å². The van der Waals surface area contributed by atoms with Crippen molar-refractivity contribution >= 4 is 28.1 Å². The first-order valence-corrected chi connectivity index (χ1v) is 11.3. The predicted molar refractivity (Wildman–Crippen MR) is 120 cm³/mol. The second kappa shape index (κ2) is 8.95. The first-order valence-electron chi connectivity index (χ1n) is 10.4. The van der Waals surface area contributed by atoms with Crippen molar-refractivity contribution in [3.63, 3.8) is 0 Å². The summed E-state index contributed by atoms with van der Waals surface area (Å²) in [6.07, 6.45) is 0.342. The average Bonchev–Trinajstić information content (AvgIpc) is 3.44. The summed E-state index contributed by atoms with van der Waals surface area (Å²) in [4.78, 5) is 21.6. The van der Waals surface area contributed by atoms with E-state index in [0.29, 0.717) is 13.2 Å². The summed E-state index contributed by atoms with van der Waals surface area (Å²) in [5.74, 6) is 1.76. The summed E-state index contributed by atoms with van der Waals surface area (Å²) in [7, 11) is 0. The van der Waals surface area contributed by atoms with Crippen molar-refractivity contribution in [2.24, 2.45) is 0 Å². The number of anilines is 2. The number of ether oxygens (including phenoxy) is 2. The molecule has 0 unspecified atom stereocenters. The zero-order valence-electron chi connectivity index (χ0n) is 17.1. The molecule has 2 aliphatic rings. The zero-order chi connectivity index (χ0) is 21.0. The highest BCUT2D eigenvalue weighted by atomic mass is 32.1. The fourth-order valence-electron chi connectivity index (χ4n) is 3.81. The summed E-state index contributed by atoms with van der Waals surface area (Å²) >= 11 is 1.52. The number of hydrogen-bond acceptors (Lipinski definition) is 7. The molecule has 0 spiro atoms. The number of hydrogen-bond donors (Lipinski definition) is 1. The van der Waals surface area contributed by atoms with Gasteiger partial charge in [-0.05, 0) is 29.8 Å². The number of aromatic nitrogens is 1. The van der Waals surface area contributed by atoms with E-state index in [1.54, 1.807) is 0 Å². The van der Waals surface area contributed by atoms with Gasteiger partial charge in [-0.2, -0.15) is 0 Å². The molecule has 2 aromatic carbocycles. The Bertz CT molecular complexity index is 1050. The molecule has 5 rings (SSSR count). The van der Waals surface area contributed by atoms with E-state index < -0.39 is 0 Å². The summed E-state index contributed by atoms with van der Waals surface area (Å²) in [5, 5.41) is 6.05. The molecule has 1 aromatic heterocycles. The molecule has 2 aliphatic heterocycles. The number of para-hydroxylation sites is 1. The number of thiazole rings is 1. The maximum absolute atomic E-state index is 12.7. The van der Waals surface area contributed by atoms with Gasteiger partial charge in [0, 0.05) is 43.8 Å². The van der Waals surface area contributed by atoms with Crippen LogP contribution >= 0.6 is 11.3 Å². The molecule has 31 heavy (non-hydrogen) atoms. The molecule has 7 nitrogen and oxygen atoms in total. The highest BCUT2D eigenvalue weighted by Crippen LogP contribution is 2.32. The quantitative estimate of drug-likeness (QED) is 0.638. The monoisotopic (exact) mass is 436 g/mol. The average molecular weight is 437 g/mol. The van der Waals surface area contributed by atoms with Gasteiger partial charge >= 0.3 is 0 Å². The smallest absolute Gasteiger partial charge is 0.231 e. The maximum Gasteiger partial charge on any atom is 0.231 e. The van der Waals surface area contributed by atoms with E-state index in [1.165, 1.54) is 16.9 Å². The van der Waals surface area contributed by atoms with E-state index in [4.69, 9.17) is 9.47 Å². The number of amides is 1. The Kier molecular flexibility index (Phi) is 5.73. The minimum absolute atomic E-state index is 0.138. The molecule has 8 heteroatoms. The van der Waals surface area contributed by atoms with Crippen LogP contribution in [0.1, 0.15) is 11.3 Å². The number of carbonyl (C=O) groups is 1. The summed E-state index contributed by atoms with van der Waals surface area (Å²) in [6.45, 7) is 4.34. The Morgan fingerprint density at radius 3 is 2.68 bits per heavy atom. The topological polar surface area (TPSA) is 66.9 Å². The van der Waals surface area contributed by atoms with Gasteiger partial charge in [0.05, 0.1) is 12.1 Å². The molecule has 3 heterocycles. The van der Waals surface area contributed by atoms with Crippen LogP contribution in [0, 0.1) is 0 Å². The van der Waals surface area contributed by atoms with Crippen LogP contribution in [0.4, 0.5) is 10.8 Å². The zero-order valence-corrected chi connectivity index (χ0v) is 17.9. The molecule has 1 saturated heterocycles. The maximum atomic E-state index is 12.7. The molecule has 160 valence electrons. The standard InChI is InChI=1S/C23H24N4O3S/c28-22(13-19-15-31-23(25-19)24-18-4-2-1-3-5-18)27-10-8-26(9-11-27)14-17-6-7-20-21(12-17)30-16-29-20/h1-7,12,15H,8-11,13-14,16H2,(H,24,25). The summed E-state index contributed by atoms with van der Waals surface area (Å²) in [5.41, 5.74) is 3.01. The molecular formula is C23H24N4O3S. The minimum atomic E-state index is 0.138. The molecule has 0 radical (unpaired) electrons. The van der Waals surface area contributed by atoms with Crippen molar-refractivity contribution in [2.75, 3.05) is 38.3 Å². The van der Waals surface area contributed by atoms with Gasteiger partial charge in [-0.1, -0.05) is 24.3 Å². The lowest BCUT2D eigenvalue weighted by atomic mass is 10.1. The molecular weight excluding hydrogens is 412 g/mol. The van der Waals surface area contributed by atoms with E-state index in [9.17, 15) is 4.79 Å². The highest BCUT2D eigenvalue weighted by Gasteiger charge is 2.22. The second-order valence-electron chi connectivity index (χ2n) is 7.66. The van der Waals surface area contributed by atoms with E-state index in [0.717, 1.165) is 60.7 Å². The number of nitrogens with one attached hydrogen (secondary N) is 1. The van der Waals surface area contributed by atoms with Gasteiger partial charge in [-0.3, -0.25) is 9.69 Å². The van der Waals surface area contributed by atoms with Gasteiger partial charge < -0.3 is 19.7 Å². The number of carbonyl (C=O) groups excluding carboxylic acids is 1. The van der Waals surface area contributed by atoms with Crippen LogP contribution < -0.4 is 14.8 Å². The SMILES string of the molecule is O=C(Cc1csc(Nc2ccccc2)n1)N1CCN(Cc2ccc3c(c2)OCO3)CC1. The van der Waals surface area contributed by atoms with Crippen LogP contribution in [-0.2, 0) is 17.8 Å². The molecule has 0 saturated carbocycles. The highest BCUT2D eigenvalue weighted by molar-refractivity contribution is 7.13. The number of nitrogens with zero attached hydrogens (tertiary/aromatic N) is 3. The van der Waals surface area contributed by atoms with Gasteiger partial charge in [0.1, 0.15) is 0 Å². The van der Waals surface area contributed by atoms with E-state index in [-0.39, 0.29) is 5.91 Å².